The molecular formula is C36H53F8N15O27. The van der Waals surface area contributed by atoms with Crippen LogP contribution >= 0.6 is 0 Å². The largest absolute Gasteiger partial charge is 0.477 e. The van der Waals surface area contributed by atoms with Crippen LogP contribution in [0.4, 0.5) is 35.1 Å². The van der Waals surface area contributed by atoms with E-state index in [1.165, 1.54) is 16.0 Å². The maximum Gasteiger partial charge on any atom is 0.401 e. The minimum atomic E-state index is -4.49. The van der Waals surface area contributed by atoms with Crippen molar-refractivity contribution >= 4 is 29.5 Å². The van der Waals surface area contributed by atoms with E-state index in [1.54, 1.807) is 19.6 Å². The number of aliphatic hydroxyl groups is 17. The summed E-state index contributed by atoms with van der Waals surface area (Å²) in [6, 6.07) is -23.2. The molecule has 86 heavy (non-hydrogen) atoms. The van der Waals surface area contributed by atoms with Gasteiger partial charge in [0.25, 0.3) is 23.5 Å². The van der Waals surface area contributed by atoms with E-state index >= 15 is 0 Å². The quantitative estimate of drug-likeness (QED) is 0.0177. The van der Waals surface area contributed by atoms with Crippen LogP contribution in [0, 0.1) is 5.92 Å². The number of carboxylic acids is 1. The normalized spacial score (nSPS) is 33.4. The monoisotopic (exact) mass is 1280 g/mol. The molecule has 4 aliphatic heterocycles. The summed E-state index contributed by atoms with van der Waals surface area (Å²) in [5.41, 5.74) is 31.7. The van der Waals surface area contributed by atoms with Gasteiger partial charge in [-0.1, -0.05) is 0 Å². The van der Waals surface area contributed by atoms with Crippen LogP contribution in [0.15, 0.2) is 20.5 Å². The van der Waals surface area contributed by atoms with Crippen molar-refractivity contribution in [3.63, 3.8) is 0 Å². The highest BCUT2D eigenvalue weighted by atomic mass is 19.3. The number of hydrogen-bond donors (Lipinski definition) is 21. The van der Waals surface area contributed by atoms with E-state index in [0.717, 1.165) is 0 Å². The Balaban J connectivity index is 0.000000577. The lowest BCUT2D eigenvalue weighted by atomic mass is 9.80. The molecule has 3 amide bonds. The lowest BCUT2D eigenvalue weighted by Crippen LogP contribution is -2.65. The number of hydrogen-bond acceptors (Lipinski definition) is 30. The van der Waals surface area contributed by atoms with Crippen molar-refractivity contribution in [1.82, 2.24) is 16.0 Å². The molecule has 0 saturated carbocycles. The lowest BCUT2D eigenvalue weighted by molar-refractivity contribution is -0.304. The number of aliphatic carboxylic acids is 1. The number of azide groups is 4. The topological polar surface area (TPSA) is 718 Å². The van der Waals surface area contributed by atoms with E-state index < -0.39 is 221 Å². The van der Waals surface area contributed by atoms with Crippen molar-refractivity contribution in [2.75, 3.05) is 26.4 Å². The Bertz CT molecular complexity index is 2330. The summed E-state index contributed by atoms with van der Waals surface area (Å²) in [6.45, 7) is -3.29. The fourth-order valence-corrected chi connectivity index (χ4v) is 7.28. The van der Waals surface area contributed by atoms with Gasteiger partial charge in [0.15, 0.2) is 18.9 Å². The van der Waals surface area contributed by atoms with Crippen LogP contribution < -0.4 is 16.0 Å². The second kappa shape index (κ2) is 32.9. The maximum atomic E-state index is 13.3. The summed E-state index contributed by atoms with van der Waals surface area (Å²) < 4.78 is 123. The Kier molecular flexibility index (Phi) is 29.6. The Morgan fingerprint density at radius 2 is 0.826 bits per heavy atom. The van der Waals surface area contributed by atoms with Crippen molar-refractivity contribution in [1.29, 1.82) is 0 Å². The number of alkyl halides is 8. The van der Waals surface area contributed by atoms with Gasteiger partial charge >= 0.3 is 30.2 Å². The number of ketones is 1. The summed E-state index contributed by atoms with van der Waals surface area (Å²) in [6.07, 6.45) is -31.0. The number of carbonyl (C=O) groups is 5. The van der Waals surface area contributed by atoms with E-state index in [-0.39, 0.29) is 0 Å². The average molecular weight is 1280 g/mol. The third-order valence-electron chi connectivity index (χ3n) is 11.8. The van der Waals surface area contributed by atoms with Gasteiger partial charge < -0.3 is 127 Å². The summed E-state index contributed by atoms with van der Waals surface area (Å²) in [4.78, 5) is 63.2. The van der Waals surface area contributed by atoms with E-state index in [9.17, 15) is 125 Å². The number of amides is 3. The Labute approximate surface area is 469 Å². The number of carbonyl (C=O) groups excluding carboxylic acids is 4. The molecule has 0 aliphatic carbocycles. The number of carboxylic acid groups (broad SMARTS) is 1. The molecule has 490 valence electrons. The van der Waals surface area contributed by atoms with Crippen molar-refractivity contribution < 1.29 is 170 Å². The molecule has 4 saturated heterocycles. The highest BCUT2D eigenvalue weighted by Crippen LogP contribution is 2.38. The molecule has 4 fully saturated rings. The number of nitrogens with zero attached hydrogens (tertiary/aromatic N) is 12. The standard InChI is InChI=1S/C12H17F2N3O9.3C8H12F2N4O6/c13-12(14,16-17-15)7(21)1-4-5(19)2-11(25,10(23)24)26-9(4)8(22)6(20)3-18;3*9-8(10,13-14-11)7(19)12-3-5(17)4(16)2(1-15)20-6(3)18/h4-6,8-9,18-20,22,25H,1-3H2,(H,23,24);3*2-6,15-18H,1H2,(H,12,19)/t4-,5-,6-,8-,9?,11-;2?,3?,4-,5+,6?;2*2?,3?,4-,5-,6?/m1011/s1. The molecule has 4 aliphatic rings. The molecule has 50 heteroatoms. The SMILES string of the molecule is [N-]=[N+]=NC(F)(F)C(=O)C[C@H]1C([C@H](O)[C@H](O)CO)O[C@@](O)(C(=O)O)C[C@H]1O.[N-]=[N+]=NC(F)(F)C(=O)NC1C(O)OC(CO)[C@@H](O)[C@@H]1O.[N-]=[N+]=NC(F)(F)C(=O)NC1C(O)OC(CO)[C@@H](O)[C@@H]1O.[N-]=[N+]=NC(F)(F)C(=O)NC1C(O)OC(CO)[C@H](O)[C@@H]1O. The van der Waals surface area contributed by atoms with Crippen molar-refractivity contribution in [2.24, 2.45) is 26.4 Å². The smallest absolute Gasteiger partial charge is 0.401 e. The van der Waals surface area contributed by atoms with E-state index in [1.807, 2.05) is 20.5 Å². The van der Waals surface area contributed by atoms with E-state index in [0.29, 0.717) is 0 Å². The maximum absolute atomic E-state index is 13.3. The molecule has 0 aromatic carbocycles. The molecule has 10 unspecified atom stereocenters. The summed E-state index contributed by atoms with van der Waals surface area (Å²) in [7, 11) is 0. The number of nitrogens with one attached hydrogen (secondary N) is 3. The van der Waals surface area contributed by atoms with E-state index in [4.69, 9.17) is 52.4 Å². The van der Waals surface area contributed by atoms with Crippen molar-refractivity contribution in [3.05, 3.63) is 41.8 Å². The van der Waals surface area contributed by atoms with Crippen LogP contribution in [0.1, 0.15) is 12.8 Å². The van der Waals surface area contributed by atoms with Crippen LogP contribution in [0.3, 0.4) is 0 Å². The highest BCUT2D eigenvalue weighted by molar-refractivity contribution is 5.86. The Morgan fingerprint density at radius 3 is 1.08 bits per heavy atom. The van der Waals surface area contributed by atoms with Gasteiger partial charge in [0.05, 0.1) is 38.6 Å². The number of Topliss-reactive ketones (excluding diaryl/α,β-unsaturated/α-hetero) is 1. The van der Waals surface area contributed by atoms with Gasteiger partial charge in [-0.15, -0.1) is 0 Å². The molecule has 0 aromatic heterocycles. The molecule has 0 aromatic rings. The van der Waals surface area contributed by atoms with Gasteiger partial charge in [-0.25, -0.2) is 4.79 Å². The zero-order valence-corrected chi connectivity index (χ0v) is 42.4. The minimum Gasteiger partial charge on any atom is -0.477 e. The fourth-order valence-electron chi connectivity index (χ4n) is 7.28. The third kappa shape index (κ3) is 20.2. The first kappa shape index (κ1) is 77.4. The molecule has 4 heterocycles. The molecule has 42 nitrogen and oxygen atoms in total. The first-order valence-corrected chi connectivity index (χ1v) is 23.0. The third-order valence-corrected chi connectivity index (χ3v) is 11.8. The zero-order chi connectivity index (χ0) is 66.8. The van der Waals surface area contributed by atoms with Crippen LogP contribution in [-0.4, -0.2) is 294 Å². The van der Waals surface area contributed by atoms with E-state index in [2.05, 4.69) is 14.2 Å². The first-order chi connectivity index (χ1) is 39.6. The second-order valence-electron chi connectivity index (χ2n) is 17.6. The second-order valence-corrected chi connectivity index (χ2v) is 17.6. The average Bonchev–Trinajstić information content (AvgIpc) is 1.12. The van der Waals surface area contributed by atoms with Crippen molar-refractivity contribution in [2.45, 2.75) is 159 Å². The zero-order valence-electron chi connectivity index (χ0n) is 42.4. The molecule has 21 atom stereocenters. The van der Waals surface area contributed by atoms with Gasteiger partial charge in [0, 0.05) is 38.4 Å². The van der Waals surface area contributed by atoms with Crippen LogP contribution in [0.2, 0.25) is 0 Å². The lowest BCUT2D eigenvalue weighted by Gasteiger charge is -2.44. The van der Waals surface area contributed by atoms with Gasteiger partial charge in [-0.3, -0.25) is 19.2 Å². The van der Waals surface area contributed by atoms with Gasteiger partial charge in [-0.05, 0) is 42.6 Å². The summed E-state index contributed by atoms with van der Waals surface area (Å²) in [5.74, 6) is -15.0. The summed E-state index contributed by atoms with van der Waals surface area (Å²) in [5, 5.41) is 181. The van der Waals surface area contributed by atoms with Gasteiger partial charge in [0.1, 0.15) is 85.3 Å². The molecule has 21 N–H and O–H groups in total. The predicted molar refractivity (Wildman–Crippen MR) is 242 cm³/mol. The molecule has 0 radical (unpaired) electrons. The molecule has 0 spiro atoms. The van der Waals surface area contributed by atoms with Crippen LogP contribution in [0.5, 0.6) is 0 Å². The summed E-state index contributed by atoms with van der Waals surface area (Å²) >= 11 is 0. The minimum absolute atomic E-state index is 0.745. The Hall–Kier alpha value is -6.61. The number of aliphatic hydroxyl groups excluding tert-OH is 16. The Morgan fingerprint density at radius 1 is 0.535 bits per heavy atom. The number of halogens is 8. The van der Waals surface area contributed by atoms with Crippen LogP contribution in [0.25, 0.3) is 41.8 Å². The number of ether oxygens (including phenoxy) is 4. The number of rotatable bonds is 20. The fraction of sp³-hybridized carbons (Fsp3) is 0.861. The van der Waals surface area contributed by atoms with Crippen LogP contribution in [-0.2, 0) is 42.9 Å². The highest BCUT2D eigenvalue weighted by Gasteiger charge is 2.56. The van der Waals surface area contributed by atoms with Gasteiger partial charge in [-0.2, -0.15) is 35.1 Å². The molecule has 0 bridgehead atoms. The van der Waals surface area contributed by atoms with Crippen molar-refractivity contribution in [3.8, 4) is 0 Å². The van der Waals surface area contributed by atoms with Gasteiger partial charge in [0.2, 0.25) is 5.78 Å². The molecule has 4 rings (SSSR count). The molecular weight excluding hydrogens is 1230 g/mol. The first-order valence-electron chi connectivity index (χ1n) is 23.0. The predicted octanol–water partition coefficient (Wildman–Crippen LogP) is -8.48.